The predicted molar refractivity (Wildman–Crippen MR) is 102 cm³/mol. The third kappa shape index (κ3) is 3.56. The third-order valence-corrected chi connectivity index (χ3v) is 5.77. The van der Waals surface area contributed by atoms with Gasteiger partial charge in [0.25, 0.3) is 10.0 Å². The summed E-state index contributed by atoms with van der Waals surface area (Å²) in [6.07, 6.45) is 0. The van der Waals surface area contributed by atoms with Gasteiger partial charge in [0.05, 0.1) is 10.6 Å². The van der Waals surface area contributed by atoms with Crippen molar-refractivity contribution < 1.29 is 8.42 Å². The van der Waals surface area contributed by atoms with Crippen LogP contribution >= 0.6 is 0 Å². The molecule has 5 heteroatoms. The molecule has 128 valence electrons. The van der Waals surface area contributed by atoms with Gasteiger partial charge in [0.15, 0.2) is 0 Å². The molecule has 0 amide bonds. The molecule has 0 radical (unpaired) electrons. The second kappa shape index (κ2) is 6.69. The van der Waals surface area contributed by atoms with Crippen molar-refractivity contribution in [1.82, 2.24) is 4.41 Å². The number of hydrogen-bond acceptors (Lipinski definition) is 3. The van der Waals surface area contributed by atoms with Crippen LogP contribution in [0, 0.1) is 6.92 Å². The van der Waals surface area contributed by atoms with E-state index in [0.717, 1.165) is 26.3 Å². The summed E-state index contributed by atoms with van der Waals surface area (Å²) in [4.78, 5) is 0.232. The standard InChI is InChI=1S/C20H20N2O2S/c1-15-8-12-20(13-9-15)25(23,24)22(3)21-16(2)18-11-10-17-6-4-5-7-19(17)14-18/h4-14H,1-3H3. The number of fused-ring (bicyclic) bond motifs is 1. The Morgan fingerprint density at radius 1 is 0.920 bits per heavy atom. The lowest BCUT2D eigenvalue weighted by atomic mass is 10.0. The minimum Gasteiger partial charge on any atom is -0.200 e. The largest absolute Gasteiger partial charge is 0.278 e. The molecule has 0 heterocycles. The van der Waals surface area contributed by atoms with Crippen LogP contribution < -0.4 is 0 Å². The van der Waals surface area contributed by atoms with Gasteiger partial charge in [0.2, 0.25) is 0 Å². The fourth-order valence-electron chi connectivity index (χ4n) is 2.60. The summed E-state index contributed by atoms with van der Waals surface area (Å²) in [5.74, 6) is 0. The summed E-state index contributed by atoms with van der Waals surface area (Å²) in [6.45, 7) is 3.73. The molecule has 3 rings (SSSR count). The molecule has 4 nitrogen and oxygen atoms in total. The van der Waals surface area contributed by atoms with Gasteiger partial charge in [-0.2, -0.15) is 17.9 Å². The van der Waals surface area contributed by atoms with Gasteiger partial charge in [-0.15, -0.1) is 0 Å². The fourth-order valence-corrected chi connectivity index (χ4v) is 3.61. The van der Waals surface area contributed by atoms with E-state index in [9.17, 15) is 8.42 Å². The van der Waals surface area contributed by atoms with Crippen LogP contribution in [0.5, 0.6) is 0 Å². The number of benzene rings is 3. The molecular formula is C20H20N2O2S. The summed E-state index contributed by atoms with van der Waals surface area (Å²) in [5.41, 5.74) is 2.55. The molecule has 25 heavy (non-hydrogen) atoms. The Hall–Kier alpha value is -2.66. The first kappa shape index (κ1) is 17.2. The van der Waals surface area contributed by atoms with E-state index < -0.39 is 10.0 Å². The first-order chi connectivity index (χ1) is 11.9. The van der Waals surface area contributed by atoms with Crippen molar-refractivity contribution in [3.63, 3.8) is 0 Å². The maximum atomic E-state index is 12.6. The average Bonchev–Trinajstić information content (AvgIpc) is 2.61. The Morgan fingerprint density at radius 2 is 1.56 bits per heavy atom. The van der Waals surface area contributed by atoms with Crippen molar-refractivity contribution in [2.24, 2.45) is 5.10 Å². The molecule has 0 spiro atoms. The molecule has 0 aliphatic carbocycles. The average molecular weight is 352 g/mol. The number of sulfonamides is 1. The lowest BCUT2D eigenvalue weighted by Gasteiger charge is -2.15. The van der Waals surface area contributed by atoms with Gasteiger partial charge in [-0.05, 0) is 48.4 Å². The SMILES string of the molecule is CC(=NN(C)S(=O)(=O)c1ccc(C)cc1)c1ccc2ccccc2c1. The number of rotatable bonds is 4. The van der Waals surface area contributed by atoms with Crippen molar-refractivity contribution in [2.75, 3.05) is 7.05 Å². The van der Waals surface area contributed by atoms with Crippen molar-refractivity contribution in [3.8, 4) is 0 Å². The Labute approximate surface area is 148 Å². The second-order valence-corrected chi connectivity index (χ2v) is 7.95. The fraction of sp³-hybridized carbons (Fsp3) is 0.150. The Kier molecular flexibility index (Phi) is 4.59. The molecule has 0 aromatic heterocycles. The highest BCUT2D eigenvalue weighted by molar-refractivity contribution is 7.89. The predicted octanol–water partition coefficient (Wildman–Crippen LogP) is 4.19. The van der Waals surface area contributed by atoms with Gasteiger partial charge in [-0.1, -0.05) is 54.1 Å². The van der Waals surface area contributed by atoms with Crippen molar-refractivity contribution in [1.29, 1.82) is 0 Å². The van der Waals surface area contributed by atoms with E-state index >= 15 is 0 Å². The number of hydrogen-bond donors (Lipinski definition) is 0. The van der Waals surface area contributed by atoms with Gasteiger partial charge in [0.1, 0.15) is 0 Å². The lowest BCUT2D eigenvalue weighted by Crippen LogP contribution is -2.23. The Morgan fingerprint density at radius 3 is 2.24 bits per heavy atom. The maximum absolute atomic E-state index is 12.6. The van der Waals surface area contributed by atoms with Crippen LogP contribution in [-0.2, 0) is 10.0 Å². The minimum absolute atomic E-state index is 0.232. The van der Waals surface area contributed by atoms with Gasteiger partial charge < -0.3 is 0 Å². The minimum atomic E-state index is -3.66. The van der Waals surface area contributed by atoms with Gasteiger partial charge >= 0.3 is 0 Å². The summed E-state index contributed by atoms with van der Waals surface area (Å²) >= 11 is 0. The summed E-state index contributed by atoms with van der Waals surface area (Å²) in [5, 5.41) is 6.52. The van der Waals surface area contributed by atoms with E-state index in [1.807, 2.05) is 56.3 Å². The molecule has 0 N–H and O–H groups in total. The molecule has 0 bridgehead atoms. The van der Waals surface area contributed by atoms with E-state index in [4.69, 9.17) is 0 Å². The molecule has 0 fully saturated rings. The van der Waals surface area contributed by atoms with Crippen LogP contribution in [0.4, 0.5) is 0 Å². The topological polar surface area (TPSA) is 49.7 Å². The van der Waals surface area contributed by atoms with Crippen molar-refractivity contribution >= 4 is 26.5 Å². The van der Waals surface area contributed by atoms with Gasteiger partial charge in [-0.25, -0.2) is 0 Å². The maximum Gasteiger partial charge on any atom is 0.278 e. The highest BCUT2D eigenvalue weighted by Gasteiger charge is 2.19. The third-order valence-electron chi connectivity index (χ3n) is 4.12. The normalized spacial score (nSPS) is 12.4. The summed E-state index contributed by atoms with van der Waals surface area (Å²) < 4.78 is 26.3. The molecule has 0 aliphatic rings. The second-order valence-electron chi connectivity index (χ2n) is 6.00. The highest BCUT2D eigenvalue weighted by atomic mass is 32.2. The Bertz CT molecular complexity index is 1040. The smallest absolute Gasteiger partial charge is 0.200 e. The van der Waals surface area contributed by atoms with Crippen LogP contribution in [0.2, 0.25) is 0 Å². The first-order valence-electron chi connectivity index (χ1n) is 7.98. The van der Waals surface area contributed by atoms with Gasteiger partial charge in [0, 0.05) is 7.05 Å². The van der Waals surface area contributed by atoms with Crippen LogP contribution in [0.25, 0.3) is 10.8 Å². The summed E-state index contributed by atoms with van der Waals surface area (Å²) in [7, 11) is -2.20. The van der Waals surface area contributed by atoms with Crippen LogP contribution in [0.1, 0.15) is 18.1 Å². The van der Waals surface area contributed by atoms with E-state index in [-0.39, 0.29) is 4.90 Å². The highest BCUT2D eigenvalue weighted by Crippen LogP contribution is 2.18. The molecule has 0 atom stereocenters. The molecule has 0 saturated heterocycles. The van der Waals surface area contributed by atoms with Crippen molar-refractivity contribution in [3.05, 3.63) is 77.9 Å². The number of nitrogens with zero attached hydrogens (tertiary/aromatic N) is 2. The van der Waals surface area contributed by atoms with Crippen LogP contribution in [-0.4, -0.2) is 25.6 Å². The first-order valence-corrected chi connectivity index (χ1v) is 9.42. The molecule has 3 aromatic carbocycles. The van der Waals surface area contributed by atoms with Crippen LogP contribution in [0.3, 0.4) is 0 Å². The quantitative estimate of drug-likeness (QED) is 0.522. The zero-order chi connectivity index (χ0) is 18.0. The zero-order valence-corrected chi connectivity index (χ0v) is 15.3. The van der Waals surface area contributed by atoms with E-state index in [1.165, 1.54) is 7.05 Å². The molecule has 0 aliphatic heterocycles. The lowest BCUT2D eigenvalue weighted by molar-refractivity contribution is 0.489. The summed E-state index contributed by atoms with van der Waals surface area (Å²) in [6, 6.07) is 20.8. The monoisotopic (exact) mass is 352 g/mol. The molecule has 0 unspecified atom stereocenters. The molecule has 0 saturated carbocycles. The zero-order valence-electron chi connectivity index (χ0n) is 14.5. The van der Waals surface area contributed by atoms with E-state index in [1.54, 1.807) is 24.3 Å². The van der Waals surface area contributed by atoms with Gasteiger partial charge in [-0.3, -0.25) is 0 Å². The Balaban J connectivity index is 1.93. The molecule has 3 aromatic rings. The number of aryl methyl sites for hydroxylation is 1. The van der Waals surface area contributed by atoms with E-state index in [0.29, 0.717) is 5.71 Å². The number of hydrazone groups is 1. The molecular weight excluding hydrogens is 332 g/mol. The van der Waals surface area contributed by atoms with Crippen LogP contribution in [0.15, 0.2) is 76.7 Å². The van der Waals surface area contributed by atoms with E-state index in [2.05, 4.69) is 5.10 Å². The van der Waals surface area contributed by atoms with Crippen molar-refractivity contribution in [2.45, 2.75) is 18.7 Å².